The van der Waals surface area contributed by atoms with Crippen molar-refractivity contribution in [3.8, 4) is 17.2 Å². The van der Waals surface area contributed by atoms with E-state index in [0.717, 1.165) is 44.3 Å². The van der Waals surface area contributed by atoms with Crippen LogP contribution in [0.1, 0.15) is 31.8 Å². The molecule has 0 radical (unpaired) electrons. The van der Waals surface area contributed by atoms with Crippen molar-refractivity contribution in [1.82, 2.24) is 19.6 Å². The first-order valence-electron chi connectivity index (χ1n) is 18.2. The van der Waals surface area contributed by atoms with Crippen LogP contribution in [0.2, 0.25) is 20.1 Å². The van der Waals surface area contributed by atoms with E-state index in [9.17, 15) is 19.2 Å². The lowest BCUT2D eigenvalue weighted by Gasteiger charge is -2.34. The number of hydrogen-bond acceptors (Lipinski definition) is 9. The second kappa shape index (κ2) is 21.3. The number of methoxy groups -OCH3 is 1. The number of carbonyl (C=O) groups excluding carboxylic acids is 2. The molecule has 0 spiro atoms. The summed E-state index contributed by atoms with van der Waals surface area (Å²) >= 11 is 23.9. The fourth-order valence-corrected chi connectivity index (χ4v) is 7.03. The highest BCUT2D eigenvalue weighted by molar-refractivity contribution is 6.39. The average Bonchev–Trinajstić information content (AvgIpc) is 3.22. The molecule has 2 aliphatic rings. The molecule has 13 nitrogen and oxygen atoms in total. The molecule has 2 saturated heterocycles. The van der Waals surface area contributed by atoms with Gasteiger partial charge in [0.05, 0.1) is 28.3 Å². The number of carbonyl (C=O) groups is 4. The predicted molar refractivity (Wildman–Crippen MR) is 221 cm³/mol. The fraction of sp³-hybridized carbons (Fsp3) is 0.317. The molecule has 0 aromatic heterocycles. The molecule has 0 unspecified atom stereocenters. The summed E-state index contributed by atoms with van der Waals surface area (Å²) < 4.78 is 16.2. The molecule has 0 saturated carbocycles. The Labute approximate surface area is 356 Å². The molecule has 4 aromatic rings. The van der Waals surface area contributed by atoms with Gasteiger partial charge in [-0.1, -0.05) is 70.7 Å². The maximum atomic E-state index is 12.5. The molecule has 17 heteroatoms. The second-order valence-electron chi connectivity index (χ2n) is 13.4. The minimum atomic E-state index is -1.19. The first kappa shape index (κ1) is 44.3. The van der Waals surface area contributed by atoms with Crippen molar-refractivity contribution < 1.29 is 43.6 Å². The van der Waals surface area contributed by atoms with Crippen molar-refractivity contribution in [2.24, 2.45) is 0 Å². The molecule has 0 atom stereocenters. The number of rotatable bonds is 13. The van der Waals surface area contributed by atoms with Crippen LogP contribution < -0.4 is 14.2 Å². The molecule has 6 rings (SSSR count). The molecule has 58 heavy (non-hydrogen) atoms. The summed E-state index contributed by atoms with van der Waals surface area (Å²) in [5.41, 5.74) is 2.32. The summed E-state index contributed by atoms with van der Waals surface area (Å²) in [6.45, 7) is 6.69. The van der Waals surface area contributed by atoms with Crippen LogP contribution in [0.15, 0.2) is 78.9 Å². The highest BCUT2D eigenvalue weighted by atomic mass is 35.5. The van der Waals surface area contributed by atoms with Crippen LogP contribution in [-0.2, 0) is 22.7 Å². The van der Waals surface area contributed by atoms with Crippen LogP contribution in [0.5, 0.6) is 17.2 Å². The summed E-state index contributed by atoms with van der Waals surface area (Å²) in [5, 5.41) is 19.6. The highest BCUT2D eigenvalue weighted by Gasteiger charge is 2.24. The maximum Gasteiger partial charge on any atom is 0.337 e. The lowest BCUT2D eigenvalue weighted by molar-refractivity contribution is -0.135. The van der Waals surface area contributed by atoms with Gasteiger partial charge >= 0.3 is 11.9 Å². The zero-order valence-electron chi connectivity index (χ0n) is 31.5. The average molecular weight is 877 g/mol. The summed E-state index contributed by atoms with van der Waals surface area (Å²) in [4.78, 5) is 55.2. The Kier molecular flexibility index (Phi) is 16.3. The minimum Gasteiger partial charge on any atom is -0.493 e. The third-order valence-electron chi connectivity index (χ3n) is 9.47. The van der Waals surface area contributed by atoms with Crippen LogP contribution in [0.25, 0.3) is 0 Å². The van der Waals surface area contributed by atoms with E-state index < -0.39 is 11.9 Å². The molecular weight excluding hydrogens is 834 g/mol. The lowest BCUT2D eigenvalue weighted by atomic mass is 10.2. The summed E-state index contributed by atoms with van der Waals surface area (Å²) in [7, 11) is 1.43. The number of amides is 2. The monoisotopic (exact) mass is 874 g/mol. The fourth-order valence-electron chi connectivity index (χ4n) is 6.21. The van der Waals surface area contributed by atoms with Crippen molar-refractivity contribution in [2.45, 2.75) is 13.1 Å². The number of nitrogens with zero attached hydrogens (tertiary/aromatic N) is 4. The van der Waals surface area contributed by atoms with E-state index >= 15 is 0 Å². The first-order valence-corrected chi connectivity index (χ1v) is 19.7. The van der Waals surface area contributed by atoms with Gasteiger partial charge in [0.25, 0.3) is 11.8 Å². The van der Waals surface area contributed by atoms with Gasteiger partial charge < -0.3 is 34.2 Å². The van der Waals surface area contributed by atoms with E-state index in [1.807, 2.05) is 48.5 Å². The van der Waals surface area contributed by atoms with Crippen LogP contribution in [0.4, 0.5) is 0 Å². The third kappa shape index (κ3) is 12.6. The van der Waals surface area contributed by atoms with Gasteiger partial charge in [-0.2, -0.15) is 0 Å². The quantitative estimate of drug-likeness (QED) is 0.146. The highest BCUT2D eigenvalue weighted by Crippen LogP contribution is 2.36. The molecule has 2 N–H and O–H groups in total. The number of carboxylic acid groups (broad SMARTS) is 2. The Balaban J connectivity index is 0.000000221. The minimum absolute atomic E-state index is 0.00274. The Bertz CT molecular complexity index is 2060. The van der Waals surface area contributed by atoms with Crippen LogP contribution >= 0.6 is 46.4 Å². The number of piperazine rings is 2. The van der Waals surface area contributed by atoms with Gasteiger partial charge in [0.2, 0.25) is 0 Å². The van der Waals surface area contributed by atoms with Gasteiger partial charge in [-0.15, -0.1) is 0 Å². The van der Waals surface area contributed by atoms with E-state index in [1.54, 1.807) is 9.80 Å². The van der Waals surface area contributed by atoms with Crippen molar-refractivity contribution >= 4 is 70.2 Å². The molecule has 0 aliphatic carbocycles. The Hall–Kier alpha value is -4.76. The van der Waals surface area contributed by atoms with Crippen molar-refractivity contribution in [3.05, 3.63) is 121 Å². The molecule has 308 valence electrons. The van der Waals surface area contributed by atoms with Crippen molar-refractivity contribution in [3.63, 3.8) is 0 Å². The molecule has 2 amide bonds. The molecule has 4 aromatic carbocycles. The van der Waals surface area contributed by atoms with Gasteiger partial charge in [0.1, 0.15) is 0 Å². The summed E-state index contributed by atoms with van der Waals surface area (Å²) in [6.07, 6.45) is 0. The molecular formula is C41H42Cl4N4O9. The lowest BCUT2D eigenvalue weighted by Crippen LogP contribution is -2.49. The first-order chi connectivity index (χ1) is 27.8. The van der Waals surface area contributed by atoms with E-state index in [0.29, 0.717) is 37.0 Å². The van der Waals surface area contributed by atoms with Gasteiger partial charge in [-0.05, 0) is 65.7 Å². The predicted octanol–water partition coefficient (Wildman–Crippen LogP) is 6.84. The largest absolute Gasteiger partial charge is 0.493 e. The maximum absolute atomic E-state index is 12.5. The van der Waals surface area contributed by atoms with Crippen LogP contribution in [-0.4, -0.2) is 126 Å². The van der Waals surface area contributed by atoms with Crippen LogP contribution in [0.3, 0.4) is 0 Å². The zero-order valence-corrected chi connectivity index (χ0v) is 34.6. The zero-order chi connectivity index (χ0) is 41.8. The number of benzene rings is 4. The topological polar surface area (TPSA) is 149 Å². The van der Waals surface area contributed by atoms with Crippen molar-refractivity contribution in [2.75, 3.05) is 72.7 Å². The van der Waals surface area contributed by atoms with E-state index in [4.69, 9.17) is 70.8 Å². The van der Waals surface area contributed by atoms with Gasteiger partial charge in [0, 0.05) is 75.5 Å². The summed E-state index contributed by atoms with van der Waals surface area (Å²) in [5.74, 6) is -1.94. The Morgan fingerprint density at radius 1 is 0.586 bits per heavy atom. The number of halogens is 4. The SMILES string of the molecule is COc1cc(C(=O)O)ccc1OCC(=O)N1CCN(Cc2ccc(Cl)cc2)CC1.O=C(O)c1ccc(Cl)c(OCC(=O)N2CCN(Cc3ccc(Cl)cc3)CC2)c1Cl. The molecule has 2 aliphatic heterocycles. The number of hydrogen-bond donors (Lipinski definition) is 2. The van der Waals surface area contributed by atoms with Crippen molar-refractivity contribution in [1.29, 1.82) is 0 Å². The standard InChI is InChI=1S/C21H23ClN2O5.C20H19Cl3N2O4/c1-28-19-12-16(21(26)27)4-7-18(19)29-14-20(25)24-10-8-23(9-11-24)13-15-2-5-17(22)6-3-15;21-14-3-1-13(2-4-14)11-24-7-9-25(10-8-24)17(26)12-29-19-16(22)6-5-15(18(19)23)20(27)28/h2-7,12H,8-11,13-14H2,1H3,(H,26,27);1-6H,7-12H2,(H,27,28). The second-order valence-corrected chi connectivity index (χ2v) is 15.0. The third-order valence-corrected chi connectivity index (χ3v) is 10.6. The number of aromatic carboxylic acids is 2. The normalized spacial score (nSPS) is 14.6. The van der Waals surface area contributed by atoms with E-state index in [-0.39, 0.29) is 57.7 Å². The number of carboxylic acids is 2. The van der Waals surface area contributed by atoms with E-state index in [1.165, 1.54) is 48.6 Å². The van der Waals surface area contributed by atoms with Gasteiger partial charge in [0.15, 0.2) is 30.5 Å². The molecule has 2 heterocycles. The Morgan fingerprint density at radius 2 is 1.07 bits per heavy atom. The summed E-state index contributed by atoms with van der Waals surface area (Å²) in [6, 6.07) is 22.5. The van der Waals surface area contributed by atoms with Crippen LogP contribution in [0, 0.1) is 0 Å². The molecule has 0 bridgehead atoms. The van der Waals surface area contributed by atoms with E-state index in [2.05, 4.69) is 9.80 Å². The number of ether oxygens (including phenoxy) is 3. The smallest absolute Gasteiger partial charge is 0.337 e. The van der Waals surface area contributed by atoms with Gasteiger partial charge in [-0.3, -0.25) is 19.4 Å². The molecule has 2 fully saturated rings. The van der Waals surface area contributed by atoms with Gasteiger partial charge in [-0.25, -0.2) is 9.59 Å². The Morgan fingerprint density at radius 3 is 1.52 bits per heavy atom.